The normalized spacial score (nSPS) is 11.6. The number of hydrogen-bond acceptors (Lipinski definition) is 4. The van der Waals surface area contributed by atoms with E-state index >= 15 is 0 Å². The summed E-state index contributed by atoms with van der Waals surface area (Å²) in [4.78, 5) is 7.61. The van der Waals surface area contributed by atoms with E-state index in [1.54, 1.807) is 0 Å². The lowest BCUT2D eigenvalue weighted by Crippen LogP contribution is -2.10. The smallest absolute Gasteiger partial charge is 0.227 e. The number of sulfone groups is 1. The molecule has 0 amide bonds. The molecule has 0 bridgehead atoms. The summed E-state index contributed by atoms with van der Waals surface area (Å²) in [7, 11) is -3.26. The second kappa shape index (κ2) is 4.50. The second-order valence-electron chi connectivity index (χ2n) is 3.22. The molecule has 0 saturated carbocycles. The van der Waals surface area contributed by atoms with Gasteiger partial charge in [0.1, 0.15) is 0 Å². The Morgan fingerprint density at radius 2 is 1.86 bits per heavy atom. The van der Waals surface area contributed by atoms with Gasteiger partial charge in [-0.3, -0.25) is 0 Å². The fourth-order valence-corrected chi connectivity index (χ4v) is 2.24. The average molecular weight is 214 g/mol. The van der Waals surface area contributed by atoms with Gasteiger partial charge in [-0.25, -0.2) is 18.4 Å². The number of unbranched alkanes of at least 4 members (excludes halogenated alkanes) is 1. The number of aromatic nitrogens is 2. The van der Waals surface area contributed by atoms with Gasteiger partial charge >= 0.3 is 0 Å². The summed E-state index contributed by atoms with van der Waals surface area (Å²) in [5.41, 5.74) is 0.861. The minimum atomic E-state index is -3.26. The summed E-state index contributed by atoms with van der Waals surface area (Å²) >= 11 is 0. The zero-order chi connectivity index (χ0) is 10.6. The van der Waals surface area contributed by atoms with Crippen LogP contribution in [0.1, 0.15) is 25.3 Å². The predicted octanol–water partition coefficient (Wildman–Crippen LogP) is 1.36. The van der Waals surface area contributed by atoms with Crippen LogP contribution >= 0.6 is 0 Å². The molecule has 0 saturated heterocycles. The molecule has 0 unspecified atom stereocenters. The predicted molar refractivity (Wildman–Crippen MR) is 53.7 cm³/mol. The Kier molecular flexibility index (Phi) is 3.57. The Morgan fingerprint density at radius 3 is 2.36 bits per heavy atom. The molecule has 14 heavy (non-hydrogen) atoms. The van der Waals surface area contributed by atoms with Crippen LogP contribution in [0.5, 0.6) is 0 Å². The molecule has 1 aromatic heterocycles. The summed E-state index contributed by atoms with van der Waals surface area (Å²) < 4.78 is 23.2. The van der Waals surface area contributed by atoms with Gasteiger partial charge in [-0.1, -0.05) is 13.3 Å². The third-order valence-electron chi connectivity index (χ3n) is 1.80. The molecule has 4 nitrogen and oxygen atoms in total. The number of rotatable bonds is 4. The van der Waals surface area contributed by atoms with Crippen LogP contribution in [0.2, 0.25) is 0 Å². The highest BCUT2D eigenvalue weighted by Crippen LogP contribution is 2.06. The second-order valence-corrected chi connectivity index (χ2v) is 5.22. The summed E-state index contributed by atoms with van der Waals surface area (Å²) in [6, 6.07) is 0. The van der Waals surface area contributed by atoms with E-state index < -0.39 is 9.84 Å². The molecule has 0 spiro atoms. The molecule has 0 fully saturated rings. The van der Waals surface area contributed by atoms with Crippen LogP contribution in [0.3, 0.4) is 0 Å². The van der Waals surface area contributed by atoms with Gasteiger partial charge < -0.3 is 0 Å². The summed E-state index contributed by atoms with van der Waals surface area (Å²) in [6.07, 6.45) is 4.54. The minimum Gasteiger partial charge on any atom is -0.227 e. The van der Waals surface area contributed by atoms with Crippen LogP contribution < -0.4 is 0 Å². The lowest BCUT2D eigenvalue weighted by Gasteiger charge is -2.01. The van der Waals surface area contributed by atoms with Crippen molar-refractivity contribution in [3.63, 3.8) is 0 Å². The van der Waals surface area contributed by atoms with Crippen molar-refractivity contribution in [2.45, 2.75) is 31.8 Å². The Bertz CT molecular complexity index is 384. The molecule has 1 aromatic rings. The molecule has 78 valence electrons. The van der Waals surface area contributed by atoms with Crippen molar-refractivity contribution < 1.29 is 8.42 Å². The van der Waals surface area contributed by atoms with Crippen LogP contribution in [-0.2, 0) is 9.84 Å². The maximum absolute atomic E-state index is 11.6. The first kappa shape index (κ1) is 11.1. The van der Waals surface area contributed by atoms with E-state index in [2.05, 4.69) is 9.97 Å². The summed E-state index contributed by atoms with van der Waals surface area (Å²) in [6.45, 7) is 3.77. The van der Waals surface area contributed by atoms with Gasteiger partial charge in [0.15, 0.2) is 0 Å². The van der Waals surface area contributed by atoms with E-state index in [-0.39, 0.29) is 10.9 Å². The van der Waals surface area contributed by atoms with E-state index in [9.17, 15) is 8.42 Å². The molecule has 0 aromatic carbocycles. The van der Waals surface area contributed by atoms with Crippen molar-refractivity contribution in [1.82, 2.24) is 9.97 Å². The third kappa shape index (κ3) is 2.77. The Hall–Kier alpha value is -0.970. The number of nitrogens with zero attached hydrogens (tertiary/aromatic N) is 2. The maximum Gasteiger partial charge on any atom is 0.247 e. The topological polar surface area (TPSA) is 59.9 Å². The van der Waals surface area contributed by atoms with Crippen LogP contribution in [0.4, 0.5) is 0 Å². The van der Waals surface area contributed by atoms with Gasteiger partial charge in [0.2, 0.25) is 15.0 Å². The molecule has 0 N–H and O–H groups in total. The first-order valence-electron chi connectivity index (χ1n) is 4.57. The van der Waals surface area contributed by atoms with E-state index in [0.717, 1.165) is 12.0 Å². The number of aryl methyl sites for hydroxylation is 1. The first-order valence-corrected chi connectivity index (χ1v) is 6.23. The Balaban J connectivity index is 2.87. The van der Waals surface area contributed by atoms with Crippen molar-refractivity contribution in [2.75, 3.05) is 5.75 Å². The zero-order valence-corrected chi connectivity index (χ0v) is 9.21. The van der Waals surface area contributed by atoms with Crippen LogP contribution in [0.15, 0.2) is 17.6 Å². The van der Waals surface area contributed by atoms with Crippen LogP contribution in [-0.4, -0.2) is 24.1 Å². The molecular weight excluding hydrogens is 200 g/mol. The van der Waals surface area contributed by atoms with Crippen molar-refractivity contribution in [3.05, 3.63) is 18.0 Å². The van der Waals surface area contributed by atoms with E-state index in [1.165, 1.54) is 12.4 Å². The fraction of sp³-hybridized carbons (Fsp3) is 0.556. The van der Waals surface area contributed by atoms with E-state index in [4.69, 9.17) is 0 Å². The Labute approximate surface area is 84.3 Å². The van der Waals surface area contributed by atoms with E-state index in [1.807, 2.05) is 13.8 Å². The SMILES string of the molecule is CCCCS(=O)(=O)c1ncc(C)cn1. The molecule has 0 aliphatic carbocycles. The van der Waals surface area contributed by atoms with Gasteiger partial charge in [0.25, 0.3) is 0 Å². The van der Waals surface area contributed by atoms with Crippen molar-refractivity contribution in [3.8, 4) is 0 Å². The molecular formula is C9H14N2O2S. The van der Waals surface area contributed by atoms with E-state index in [0.29, 0.717) is 6.42 Å². The minimum absolute atomic E-state index is 0.0587. The molecule has 5 heteroatoms. The quantitative estimate of drug-likeness (QED) is 0.710. The summed E-state index contributed by atoms with van der Waals surface area (Å²) in [5.74, 6) is 0.132. The molecule has 0 radical (unpaired) electrons. The molecule has 0 atom stereocenters. The third-order valence-corrected chi connectivity index (χ3v) is 3.40. The molecule has 0 aliphatic heterocycles. The van der Waals surface area contributed by atoms with Gasteiger partial charge in [-0.2, -0.15) is 0 Å². The molecule has 1 heterocycles. The highest BCUT2D eigenvalue weighted by atomic mass is 32.2. The van der Waals surface area contributed by atoms with Gasteiger partial charge in [0.05, 0.1) is 5.75 Å². The zero-order valence-electron chi connectivity index (χ0n) is 8.40. The molecule has 0 aliphatic rings. The molecule has 1 rings (SSSR count). The van der Waals surface area contributed by atoms with Crippen LogP contribution in [0.25, 0.3) is 0 Å². The largest absolute Gasteiger partial charge is 0.247 e. The first-order chi connectivity index (χ1) is 6.56. The Morgan fingerprint density at radius 1 is 1.29 bits per heavy atom. The maximum atomic E-state index is 11.6. The average Bonchev–Trinajstić information content (AvgIpc) is 2.16. The van der Waals surface area contributed by atoms with Crippen LogP contribution in [0, 0.1) is 6.92 Å². The lowest BCUT2D eigenvalue weighted by atomic mass is 10.4. The van der Waals surface area contributed by atoms with Crippen molar-refractivity contribution >= 4 is 9.84 Å². The van der Waals surface area contributed by atoms with Gasteiger partial charge in [0, 0.05) is 12.4 Å². The summed E-state index contributed by atoms with van der Waals surface area (Å²) in [5, 5.41) is -0.0587. The van der Waals surface area contributed by atoms with Crippen molar-refractivity contribution in [1.29, 1.82) is 0 Å². The van der Waals surface area contributed by atoms with Gasteiger partial charge in [-0.15, -0.1) is 0 Å². The fourth-order valence-electron chi connectivity index (χ4n) is 0.967. The van der Waals surface area contributed by atoms with Gasteiger partial charge in [-0.05, 0) is 18.9 Å². The standard InChI is InChI=1S/C9H14N2O2S/c1-3-4-5-14(12,13)9-10-6-8(2)7-11-9/h6-7H,3-5H2,1-2H3. The lowest BCUT2D eigenvalue weighted by molar-refractivity contribution is 0.583. The monoisotopic (exact) mass is 214 g/mol. The highest BCUT2D eigenvalue weighted by Gasteiger charge is 2.16. The number of hydrogen-bond donors (Lipinski definition) is 0. The van der Waals surface area contributed by atoms with Crippen molar-refractivity contribution in [2.24, 2.45) is 0 Å². The highest BCUT2D eigenvalue weighted by molar-refractivity contribution is 7.91.